The number of rotatable bonds is 6. The van der Waals surface area contributed by atoms with Crippen molar-refractivity contribution in [2.45, 2.75) is 26.8 Å². The van der Waals surface area contributed by atoms with Gasteiger partial charge in [0, 0.05) is 30.6 Å². The molecule has 0 atom stereocenters. The van der Waals surface area contributed by atoms with Crippen molar-refractivity contribution >= 4 is 11.6 Å². The quantitative estimate of drug-likeness (QED) is 0.734. The molecule has 0 bridgehead atoms. The third-order valence-corrected chi connectivity index (χ3v) is 3.64. The molecule has 0 radical (unpaired) electrons. The summed E-state index contributed by atoms with van der Waals surface area (Å²) in [7, 11) is 1.56. The van der Waals surface area contributed by atoms with Crippen LogP contribution in [0.2, 0.25) is 0 Å². The third-order valence-electron chi connectivity index (χ3n) is 3.64. The van der Waals surface area contributed by atoms with Crippen LogP contribution in [0.4, 0.5) is 5.69 Å². The van der Waals surface area contributed by atoms with Gasteiger partial charge in [-0.25, -0.2) is 4.68 Å². The molecule has 130 valence electrons. The minimum atomic E-state index is -0.226. The van der Waals surface area contributed by atoms with Gasteiger partial charge >= 0.3 is 0 Å². The minimum Gasteiger partial charge on any atom is -0.497 e. The first-order chi connectivity index (χ1) is 12.1. The lowest BCUT2D eigenvalue weighted by Crippen LogP contribution is -2.13. The average Bonchev–Trinajstić information content (AvgIpc) is 3.24. The molecule has 1 N–H and O–H groups in total. The Morgan fingerprint density at radius 2 is 2.16 bits per heavy atom. The molecule has 1 amide bonds. The first kappa shape index (κ1) is 16.6. The number of benzene rings is 1. The predicted molar refractivity (Wildman–Crippen MR) is 90.9 cm³/mol. The Bertz CT molecular complexity index is 871. The van der Waals surface area contributed by atoms with E-state index in [4.69, 9.17) is 4.74 Å². The highest BCUT2D eigenvalue weighted by atomic mass is 16.5. The second kappa shape index (κ2) is 7.12. The molecule has 9 nitrogen and oxygen atoms in total. The number of amides is 1. The van der Waals surface area contributed by atoms with E-state index in [-0.39, 0.29) is 5.91 Å². The summed E-state index contributed by atoms with van der Waals surface area (Å²) >= 11 is 0. The highest BCUT2D eigenvalue weighted by Gasteiger charge is 2.15. The number of hydrogen-bond acceptors (Lipinski definition) is 6. The zero-order valence-corrected chi connectivity index (χ0v) is 14.3. The van der Waals surface area contributed by atoms with Gasteiger partial charge in [-0.1, -0.05) is 6.92 Å². The average molecular weight is 341 g/mol. The number of nitrogens with one attached hydrogen (secondary N) is 1. The Labute approximate surface area is 144 Å². The molecule has 2 aromatic heterocycles. The summed E-state index contributed by atoms with van der Waals surface area (Å²) in [4.78, 5) is 12.6. The Morgan fingerprint density at radius 3 is 2.84 bits per heavy atom. The number of methoxy groups -OCH3 is 1. The number of tetrazole rings is 1. The number of anilines is 1. The summed E-state index contributed by atoms with van der Waals surface area (Å²) in [6, 6.07) is 5.27. The van der Waals surface area contributed by atoms with Crippen molar-refractivity contribution in [3.8, 4) is 11.4 Å². The molecule has 3 rings (SSSR count). The van der Waals surface area contributed by atoms with Crippen LogP contribution in [0, 0.1) is 6.92 Å². The fraction of sp³-hybridized carbons (Fsp3) is 0.312. The van der Waals surface area contributed by atoms with Crippen LogP contribution in [0.5, 0.6) is 5.75 Å². The van der Waals surface area contributed by atoms with E-state index in [2.05, 4.69) is 32.9 Å². The fourth-order valence-corrected chi connectivity index (χ4v) is 2.47. The van der Waals surface area contributed by atoms with E-state index in [0.29, 0.717) is 28.4 Å². The smallest absolute Gasteiger partial charge is 0.259 e. The van der Waals surface area contributed by atoms with Crippen molar-refractivity contribution in [2.24, 2.45) is 0 Å². The molecule has 0 aliphatic heterocycles. The topological polar surface area (TPSA) is 99.8 Å². The summed E-state index contributed by atoms with van der Waals surface area (Å²) in [6.45, 7) is 4.66. The second-order valence-corrected chi connectivity index (χ2v) is 5.52. The van der Waals surface area contributed by atoms with Gasteiger partial charge < -0.3 is 10.1 Å². The molecule has 0 unspecified atom stereocenters. The zero-order valence-electron chi connectivity index (χ0n) is 14.3. The van der Waals surface area contributed by atoms with Gasteiger partial charge in [0.15, 0.2) is 0 Å². The molecule has 0 aliphatic rings. The fourth-order valence-electron chi connectivity index (χ4n) is 2.47. The number of aryl methyl sites for hydroxylation is 2. The van der Waals surface area contributed by atoms with Crippen LogP contribution < -0.4 is 10.1 Å². The summed E-state index contributed by atoms with van der Waals surface area (Å²) < 4.78 is 8.56. The molecule has 0 saturated carbocycles. The first-order valence-electron chi connectivity index (χ1n) is 7.88. The molecule has 3 aromatic rings. The molecule has 9 heteroatoms. The standard InChI is InChI=1S/C16H19N7O2/c1-4-5-22-9-15(11(2)19-22)16(24)18-12-6-13(8-14(7-12)25-3)23-10-17-20-21-23/h6-10H,4-5H2,1-3H3,(H,18,24). The van der Waals surface area contributed by atoms with Crippen LogP contribution in [0.25, 0.3) is 5.69 Å². The molecule has 2 heterocycles. The lowest BCUT2D eigenvalue weighted by Gasteiger charge is -2.09. The number of carbonyl (C=O) groups is 1. The van der Waals surface area contributed by atoms with Crippen LogP contribution >= 0.6 is 0 Å². The highest BCUT2D eigenvalue weighted by molar-refractivity contribution is 6.05. The van der Waals surface area contributed by atoms with Gasteiger partial charge in [0.2, 0.25) is 0 Å². The number of hydrogen-bond donors (Lipinski definition) is 1. The van der Waals surface area contributed by atoms with E-state index < -0.39 is 0 Å². The summed E-state index contributed by atoms with van der Waals surface area (Å²) in [5, 5.41) is 18.3. The number of aromatic nitrogens is 6. The maximum atomic E-state index is 12.6. The maximum Gasteiger partial charge on any atom is 0.259 e. The van der Waals surface area contributed by atoms with Crippen LogP contribution in [0.15, 0.2) is 30.7 Å². The van der Waals surface area contributed by atoms with Crippen LogP contribution in [-0.4, -0.2) is 43.0 Å². The molecule has 0 fully saturated rings. The third kappa shape index (κ3) is 3.65. The molecule has 0 spiro atoms. The molecule has 0 saturated heterocycles. The summed E-state index contributed by atoms with van der Waals surface area (Å²) in [5.74, 6) is 0.359. The predicted octanol–water partition coefficient (Wildman–Crippen LogP) is 1.84. The van der Waals surface area contributed by atoms with E-state index in [1.54, 1.807) is 36.2 Å². The van der Waals surface area contributed by atoms with Gasteiger partial charge in [0.1, 0.15) is 12.1 Å². The molecule has 1 aromatic carbocycles. The number of ether oxygens (including phenoxy) is 1. The van der Waals surface area contributed by atoms with Crippen molar-refractivity contribution < 1.29 is 9.53 Å². The van der Waals surface area contributed by atoms with Crippen molar-refractivity contribution in [3.63, 3.8) is 0 Å². The van der Waals surface area contributed by atoms with Gasteiger partial charge in [0.05, 0.1) is 24.1 Å². The molecule has 0 aliphatic carbocycles. The van der Waals surface area contributed by atoms with E-state index in [1.807, 2.05) is 6.92 Å². The van der Waals surface area contributed by atoms with Crippen LogP contribution in [0.1, 0.15) is 29.4 Å². The zero-order chi connectivity index (χ0) is 17.8. The SMILES string of the molecule is CCCn1cc(C(=O)Nc2cc(OC)cc(-n3cnnn3)c2)c(C)n1. The van der Waals surface area contributed by atoms with Gasteiger partial charge in [-0.15, -0.1) is 5.10 Å². The van der Waals surface area contributed by atoms with Crippen molar-refractivity contribution in [3.05, 3.63) is 42.0 Å². The largest absolute Gasteiger partial charge is 0.497 e. The minimum absolute atomic E-state index is 0.226. The maximum absolute atomic E-state index is 12.6. The molecular weight excluding hydrogens is 322 g/mol. The number of nitrogens with zero attached hydrogens (tertiary/aromatic N) is 6. The van der Waals surface area contributed by atoms with Crippen LogP contribution in [-0.2, 0) is 6.54 Å². The van der Waals surface area contributed by atoms with Gasteiger partial charge in [-0.3, -0.25) is 9.48 Å². The Kier molecular flexibility index (Phi) is 4.73. The summed E-state index contributed by atoms with van der Waals surface area (Å²) in [6.07, 6.45) is 4.18. The Hall–Kier alpha value is -3.23. The first-order valence-corrected chi connectivity index (χ1v) is 7.88. The van der Waals surface area contributed by atoms with Crippen molar-refractivity contribution in [1.82, 2.24) is 30.0 Å². The molecule has 25 heavy (non-hydrogen) atoms. The number of carbonyl (C=O) groups excluding carboxylic acids is 1. The van der Waals surface area contributed by atoms with E-state index in [1.165, 1.54) is 11.0 Å². The lowest BCUT2D eigenvalue weighted by atomic mass is 10.2. The second-order valence-electron chi connectivity index (χ2n) is 5.52. The lowest BCUT2D eigenvalue weighted by molar-refractivity contribution is 0.102. The Morgan fingerprint density at radius 1 is 1.32 bits per heavy atom. The van der Waals surface area contributed by atoms with E-state index >= 15 is 0 Å². The van der Waals surface area contributed by atoms with Crippen molar-refractivity contribution in [1.29, 1.82) is 0 Å². The van der Waals surface area contributed by atoms with Gasteiger partial charge in [-0.2, -0.15) is 5.10 Å². The van der Waals surface area contributed by atoms with E-state index in [9.17, 15) is 4.79 Å². The summed E-state index contributed by atoms with van der Waals surface area (Å²) in [5.41, 5.74) is 2.49. The van der Waals surface area contributed by atoms with E-state index in [0.717, 1.165) is 13.0 Å². The van der Waals surface area contributed by atoms with Crippen LogP contribution in [0.3, 0.4) is 0 Å². The van der Waals surface area contributed by atoms with Crippen molar-refractivity contribution in [2.75, 3.05) is 12.4 Å². The highest BCUT2D eigenvalue weighted by Crippen LogP contribution is 2.23. The normalized spacial score (nSPS) is 10.7. The Balaban J connectivity index is 1.87. The molecular formula is C16H19N7O2. The van der Waals surface area contributed by atoms with Gasteiger partial charge in [-0.05, 0) is 29.8 Å². The monoisotopic (exact) mass is 341 g/mol. The van der Waals surface area contributed by atoms with Gasteiger partial charge in [0.25, 0.3) is 5.91 Å².